The first-order valence-corrected chi connectivity index (χ1v) is 10.5. The number of hydrogen-bond acceptors (Lipinski definition) is 3. The second-order valence-corrected chi connectivity index (χ2v) is 10.1. The van der Waals surface area contributed by atoms with Gasteiger partial charge in [0, 0.05) is 34.1 Å². The molecule has 8 heteroatoms. The summed E-state index contributed by atoms with van der Waals surface area (Å²) in [5, 5.41) is 3.41. The third-order valence-electron chi connectivity index (χ3n) is 5.15. The molecule has 5 nitrogen and oxygen atoms in total. The van der Waals surface area contributed by atoms with Crippen LogP contribution in [0.3, 0.4) is 0 Å². The van der Waals surface area contributed by atoms with Gasteiger partial charge in [0.2, 0.25) is 0 Å². The van der Waals surface area contributed by atoms with Gasteiger partial charge in [0.05, 0.1) is 5.69 Å². The zero-order valence-corrected chi connectivity index (χ0v) is 17.9. The molecule has 1 unspecified atom stereocenters. The van der Waals surface area contributed by atoms with Gasteiger partial charge in [-0.1, -0.05) is 11.6 Å². The Morgan fingerprint density at radius 3 is 2.59 bits per heavy atom. The Morgan fingerprint density at radius 2 is 1.93 bits per heavy atom. The summed E-state index contributed by atoms with van der Waals surface area (Å²) in [6.45, 7) is 6.61. The number of benzene rings is 2. The highest BCUT2D eigenvalue weighted by molar-refractivity contribution is 8.02. The summed E-state index contributed by atoms with van der Waals surface area (Å²) in [5.41, 5.74) is 1.74. The van der Waals surface area contributed by atoms with Crippen molar-refractivity contribution in [1.29, 1.82) is 0 Å². The van der Waals surface area contributed by atoms with E-state index in [4.69, 9.17) is 11.6 Å². The average molecular weight is 434 g/mol. The Hall–Kier alpha value is -2.25. The lowest BCUT2D eigenvalue weighted by Crippen LogP contribution is -2.51. The fraction of sp³-hybridized carbons (Fsp3) is 0.333. The molecule has 2 aromatic carbocycles. The summed E-state index contributed by atoms with van der Waals surface area (Å²) in [6, 6.07) is 10.7. The van der Waals surface area contributed by atoms with Crippen LogP contribution < -0.4 is 10.2 Å². The summed E-state index contributed by atoms with van der Waals surface area (Å²) in [4.78, 5) is 28.7. The number of thioether (sulfide) groups is 1. The van der Waals surface area contributed by atoms with E-state index in [-0.39, 0.29) is 10.7 Å². The predicted octanol–water partition coefficient (Wildman–Crippen LogP) is 5.06. The topological polar surface area (TPSA) is 52.7 Å². The third kappa shape index (κ3) is 3.16. The molecule has 2 aliphatic rings. The molecule has 4 rings (SSSR count). The number of hydrogen-bond donors (Lipinski definition) is 1. The van der Waals surface area contributed by atoms with Crippen molar-refractivity contribution in [1.82, 2.24) is 4.90 Å². The second kappa shape index (κ2) is 6.92. The first kappa shape index (κ1) is 20.0. The number of carbonyl (C=O) groups is 2. The highest BCUT2D eigenvalue weighted by atomic mass is 35.5. The summed E-state index contributed by atoms with van der Waals surface area (Å²) in [5.74, 6) is -0.653. The van der Waals surface area contributed by atoms with Gasteiger partial charge in [-0.15, -0.1) is 11.8 Å². The fourth-order valence-electron chi connectivity index (χ4n) is 4.01. The van der Waals surface area contributed by atoms with Crippen molar-refractivity contribution < 1.29 is 14.0 Å². The van der Waals surface area contributed by atoms with Crippen LogP contribution in [-0.4, -0.2) is 34.7 Å². The van der Waals surface area contributed by atoms with Gasteiger partial charge in [0.15, 0.2) is 4.87 Å². The number of halogens is 2. The highest BCUT2D eigenvalue weighted by Gasteiger charge is 2.63. The van der Waals surface area contributed by atoms with Crippen LogP contribution in [0.5, 0.6) is 0 Å². The van der Waals surface area contributed by atoms with Crippen LogP contribution in [0.4, 0.5) is 20.6 Å². The number of likely N-dealkylation sites (N-methyl/N-ethyl adjacent to an activating group) is 1. The maximum Gasteiger partial charge on any atom is 0.323 e. The van der Waals surface area contributed by atoms with Crippen LogP contribution in [0.1, 0.15) is 26.3 Å². The van der Waals surface area contributed by atoms with E-state index in [1.165, 1.54) is 28.8 Å². The second-order valence-electron chi connectivity index (χ2n) is 7.74. The van der Waals surface area contributed by atoms with Gasteiger partial charge in [-0.05, 0) is 63.2 Å². The molecule has 29 heavy (non-hydrogen) atoms. The van der Waals surface area contributed by atoms with Crippen LogP contribution in [-0.2, 0) is 9.67 Å². The lowest BCUT2D eigenvalue weighted by atomic mass is 10.0. The molecule has 0 bridgehead atoms. The maximum atomic E-state index is 14.2. The zero-order valence-electron chi connectivity index (χ0n) is 16.3. The molecule has 3 amide bonds. The van der Waals surface area contributed by atoms with Crippen molar-refractivity contribution >= 4 is 46.7 Å². The molecular weight excluding hydrogens is 413 g/mol. The number of carbonyl (C=O) groups excluding carboxylic acids is 2. The summed E-state index contributed by atoms with van der Waals surface area (Å²) in [7, 11) is 0. The summed E-state index contributed by atoms with van der Waals surface area (Å²) < 4.78 is 13.8. The van der Waals surface area contributed by atoms with E-state index in [0.29, 0.717) is 35.1 Å². The van der Waals surface area contributed by atoms with E-state index in [0.717, 1.165) is 0 Å². The first-order chi connectivity index (χ1) is 13.7. The molecule has 0 saturated carbocycles. The van der Waals surface area contributed by atoms with Gasteiger partial charge >= 0.3 is 6.03 Å². The van der Waals surface area contributed by atoms with Crippen molar-refractivity contribution in [3.63, 3.8) is 0 Å². The van der Waals surface area contributed by atoms with Crippen molar-refractivity contribution in [3.05, 3.63) is 58.9 Å². The van der Waals surface area contributed by atoms with Gasteiger partial charge < -0.3 is 10.2 Å². The molecule has 1 saturated heterocycles. The SMILES string of the molecule is CCN1C(=O)C2(SC(C)(C)CN2C(=O)Nc2ccc(Cl)cc2)c2cc(F)ccc21. The number of fused-ring (bicyclic) bond motifs is 2. The van der Waals surface area contributed by atoms with E-state index in [2.05, 4.69) is 5.32 Å². The van der Waals surface area contributed by atoms with E-state index in [9.17, 15) is 14.0 Å². The van der Waals surface area contributed by atoms with Crippen LogP contribution in [0.15, 0.2) is 42.5 Å². The maximum absolute atomic E-state index is 14.2. The predicted molar refractivity (Wildman–Crippen MR) is 115 cm³/mol. The van der Waals surface area contributed by atoms with E-state index in [1.807, 2.05) is 20.8 Å². The molecule has 0 aromatic heterocycles. The van der Waals surface area contributed by atoms with Crippen LogP contribution in [0.25, 0.3) is 0 Å². The number of nitrogens with zero attached hydrogens (tertiary/aromatic N) is 2. The Labute approximate surface area is 178 Å². The minimum atomic E-state index is -1.30. The molecule has 1 spiro atoms. The Morgan fingerprint density at radius 1 is 1.24 bits per heavy atom. The first-order valence-electron chi connectivity index (χ1n) is 9.34. The Bertz CT molecular complexity index is 998. The third-order valence-corrected chi connectivity index (χ3v) is 6.99. The highest BCUT2D eigenvalue weighted by Crippen LogP contribution is 2.59. The van der Waals surface area contributed by atoms with Crippen molar-refractivity contribution in [2.45, 2.75) is 30.4 Å². The Kier molecular flexibility index (Phi) is 4.78. The molecule has 0 aliphatic carbocycles. The monoisotopic (exact) mass is 433 g/mol. The van der Waals surface area contributed by atoms with E-state index < -0.39 is 16.7 Å². The Balaban J connectivity index is 1.80. The van der Waals surface area contributed by atoms with Crippen LogP contribution in [0, 0.1) is 5.82 Å². The van der Waals surface area contributed by atoms with E-state index >= 15 is 0 Å². The fourth-order valence-corrected chi connectivity index (χ4v) is 5.86. The van der Waals surface area contributed by atoms with Gasteiger partial charge in [0.25, 0.3) is 5.91 Å². The lowest BCUT2D eigenvalue weighted by Gasteiger charge is -2.33. The molecule has 0 radical (unpaired) electrons. The molecule has 2 aliphatic heterocycles. The molecule has 1 atom stereocenters. The summed E-state index contributed by atoms with van der Waals surface area (Å²) >= 11 is 7.31. The van der Waals surface area contributed by atoms with Crippen molar-refractivity contribution in [2.24, 2.45) is 0 Å². The number of amides is 3. The molecule has 152 valence electrons. The normalized spacial score (nSPS) is 22.3. The smallest absolute Gasteiger partial charge is 0.309 e. The molecular formula is C21H21ClFN3O2S. The van der Waals surface area contributed by atoms with Crippen molar-refractivity contribution in [3.8, 4) is 0 Å². The van der Waals surface area contributed by atoms with Gasteiger partial charge in [0.1, 0.15) is 5.82 Å². The lowest BCUT2D eigenvalue weighted by molar-refractivity contribution is -0.123. The van der Waals surface area contributed by atoms with Gasteiger partial charge in [-0.3, -0.25) is 9.69 Å². The molecule has 2 aromatic rings. The minimum absolute atomic E-state index is 0.220. The van der Waals surface area contributed by atoms with Gasteiger partial charge in [-0.2, -0.15) is 0 Å². The zero-order chi connectivity index (χ0) is 21.0. The standard InChI is InChI=1S/C21H21ClFN3O2S/c1-4-25-17-10-7-14(23)11-16(17)21(18(25)27)26(12-20(2,3)29-21)19(28)24-15-8-5-13(22)6-9-15/h5-11H,4,12H2,1-3H3,(H,24,28). The van der Waals surface area contributed by atoms with Crippen LogP contribution in [0.2, 0.25) is 5.02 Å². The molecule has 2 heterocycles. The molecule has 1 N–H and O–H groups in total. The largest absolute Gasteiger partial charge is 0.323 e. The van der Waals surface area contributed by atoms with E-state index in [1.54, 1.807) is 35.2 Å². The molecule has 1 fully saturated rings. The average Bonchev–Trinajstić information content (AvgIpc) is 3.08. The van der Waals surface area contributed by atoms with Crippen LogP contribution >= 0.6 is 23.4 Å². The van der Waals surface area contributed by atoms with Crippen molar-refractivity contribution in [2.75, 3.05) is 23.3 Å². The quantitative estimate of drug-likeness (QED) is 0.720. The number of urea groups is 1. The number of rotatable bonds is 2. The number of nitrogens with one attached hydrogen (secondary N) is 1. The summed E-state index contributed by atoms with van der Waals surface area (Å²) in [6.07, 6.45) is 0. The minimum Gasteiger partial charge on any atom is -0.309 e. The van der Waals surface area contributed by atoms with Gasteiger partial charge in [-0.25, -0.2) is 9.18 Å². The number of anilines is 2.